The average molecular weight is 196 g/mol. The fraction of sp³-hybridized carbons (Fsp3) is 0.364. The van der Waals surface area contributed by atoms with Crippen LogP contribution in [0, 0.1) is 0 Å². The van der Waals surface area contributed by atoms with Gasteiger partial charge in [-0.05, 0) is 13.8 Å². The van der Waals surface area contributed by atoms with Gasteiger partial charge in [0.1, 0.15) is 18.5 Å². The lowest BCUT2D eigenvalue weighted by atomic mass is 10.0. The average Bonchev–Trinajstić information content (AvgIpc) is 2.19. The molecule has 0 radical (unpaired) electrons. The monoisotopic (exact) mass is 196 g/mol. The van der Waals surface area contributed by atoms with Crippen LogP contribution in [0.15, 0.2) is 36.0 Å². The van der Waals surface area contributed by atoms with Crippen LogP contribution in [0.2, 0.25) is 0 Å². The van der Waals surface area contributed by atoms with Gasteiger partial charge in [0.25, 0.3) is 0 Å². The minimum Gasteiger partial charge on any atom is -0.386 e. The van der Waals surface area contributed by atoms with E-state index < -0.39 is 12.2 Å². The van der Waals surface area contributed by atoms with E-state index in [1.54, 1.807) is 32.1 Å². The van der Waals surface area contributed by atoms with E-state index in [1.807, 2.05) is 0 Å². The standard InChI is InChI=1S/C11H16O3/c1-3-5-7-9(8-12)11(14)10(13)6-4-2/h3-8,10-11,13-14H,1-2H3/b5-3+,6-4-,9-7-/t10-,11+/m1/s1. The maximum Gasteiger partial charge on any atom is 0.148 e. The molecule has 0 aromatic rings. The van der Waals surface area contributed by atoms with Gasteiger partial charge in [0.05, 0.1) is 0 Å². The highest BCUT2D eigenvalue weighted by molar-refractivity contribution is 5.75. The molecule has 0 bridgehead atoms. The number of aldehydes is 1. The Morgan fingerprint density at radius 2 is 1.86 bits per heavy atom. The van der Waals surface area contributed by atoms with Crippen molar-refractivity contribution in [3.05, 3.63) is 36.0 Å². The SMILES string of the molecule is C/C=C\[C@@H](O)[C@@H](O)/C(C=O)=C\C=C\C. The van der Waals surface area contributed by atoms with Crippen LogP contribution in [0.5, 0.6) is 0 Å². The number of carbonyl (C=O) groups is 1. The van der Waals surface area contributed by atoms with E-state index in [1.165, 1.54) is 12.2 Å². The molecule has 0 aliphatic heterocycles. The molecule has 14 heavy (non-hydrogen) atoms. The first-order valence-electron chi connectivity index (χ1n) is 4.44. The van der Waals surface area contributed by atoms with Crippen LogP contribution >= 0.6 is 0 Å². The molecule has 3 nitrogen and oxygen atoms in total. The van der Waals surface area contributed by atoms with Crippen LogP contribution in [0.4, 0.5) is 0 Å². The highest BCUT2D eigenvalue weighted by Gasteiger charge is 2.16. The van der Waals surface area contributed by atoms with Crippen molar-refractivity contribution in [1.29, 1.82) is 0 Å². The number of aliphatic hydroxyl groups is 2. The van der Waals surface area contributed by atoms with Crippen molar-refractivity contribution in [2.75, 3.05) is 0 Å². The molecule has 78 valence electrons. The van der Waals surface area contributed by atoms with E-state index in [-0.39, 0.29) is 5.57 Å². The quantitative estimate of drug-likeness (QED) is 0.298. The minimum absolute atomic E-state index is 0.161. The van der Waals surface area contributed by atoms with Crippen LogP contribution < -0.4 is 0 Å². The molecule has 0 aromatic carbocycles. The molecule has 0 amide bonds. The molecule has 2 N–H and O–H groups in total. The maximum atomic E-state index is 10.6. The molecule has 0 aliphatic rings. The zero-order valence-corrected chi connectivity index (χ0v) is 8.42. The summed E-state index contributed by atoms with van der Waals surface area (Å²) in [5.41, 5.74) is 0.161. The van der Waals surface area contributed by atoms with Crippen molar-refractivity contribution in [2.45, 2.75) is 26.1 Å². The third-order valence-corrected chi connectivity index (χ3v) is 1.67. The zero-order chi connectivity index (χ0) is 11.0. The first-order chi connectivity index (χ1) is 6.67. The molecule has 0 unspecified atom stereocenters. The summed E-state index contributed by atoms with van der Waals surface area (Å²) in [5.74, 6) is 0. The summed E-state index contributed by atoms with van der Waals surface area (Å²) in [5, 5.41) is 18.9. The zero-order valence-electron chi connectivity index (χ0n) is 8.42. The fourth-order valence-electron chi connectivity index (χ4n) is 0.915. The van der Waals surface area contributed by atoms with Crippen molar-refractivity contribution in [2.24, 2.45) is 0 Å². The third kappa shape index (κ3) is 4.16. The van der Waals surface area contributed by atoms with Gasteiger partial charge in [-0.25, -0.2) is 0 Å². The Morgan fingerprint density at radius 1 is 1.21 bits per heavy atom. The molecule has 0 heterocycles. The number of allylic oxidation sites excluding steroid dienone is 4. The van der Waals surface area contributed by atoms with Gasteiger partial charge >= 0.3 is 0 Å². The molecule has 0 spiro atoms. The summed E-state index contributed by atoms with van der Waals surface area (Å²) >= 11 is 0. The van der Waals surface area contributed by atoms with Crippen molar-refractivity contribution < 1.29 is 15.0 Å². The first-order valence-corrected chi connectivity index (χ1v) is 4.44. The van der Waals surface area contributed by atoms with E-state index >= 15 is 0 Å². The van der Waals surface area contributed by atoms with Crippen molar-refractivity contribution in [1.82, 2.24) is 0 Å². The summed E-state index contributed by atoms with van der Waals surface area (Å²) in [7, 11) is 0. The van der Waals surface area contributed by atoms with Gasteiger partial charge in [-0.15, -0.1) is 0 Å². The van der Waals surface area contributed by atoms with Crippen molar-refractivity contribution >= 4 is 6.29 Å². The van der Waals surface area contributed by atoms with Crippen molar-refractivity contribution in [3.8, 4) is 0 Å². The predicted octanol–water partition coefficient (Wildman–Crippen LogP) is 0.986. The van der Waals surface area contributed by atoms with Crippen LogP contribution in [0.3, 0.4) is 0 Å². The number of carbonyl (C=O) groups excluding carboxylic acids is 1. The van der Waals surface area contributed by atoms with Crippen molar-refractivity contribution in [3.63, 3.8) is 0 Å². The smallest absolute Gasteiger partial charge is 0.148 e. The summed E-state index contributed by atoms with van der Waals surface area (Å²) in [6, 6.07) is 0. The van der Waals surface area contributed by atoms with Gasteiger partial charge < -0.3 is 10.2 Å². The highest BCUT2D eigenvalue weighted by atomic mass is 16.3. The second-order valence-electron chi connectivity index (χ2n) is 2.77. The normalized spacial score (nSPS) is 17.6. The number of hydrogen-bond donors (Lipinski definition) is 2. The van der Waals surface area contributed by atoms with Gasteiger partial charge in [-0.2, -0.15) is 0 Å². The molecule has 3 heteroatoms. The molecule has 2 atom stereocenters. The lowest BCUT2D eigenvalue weighted by Gasteiger charge is -2.13. The Hall–Kier alpha value is -1.19. The van der Waals surface area contributed by atoms with E-state index in [0.717, 1.165) is 0 Å². The predicted molar refractivity (Wildman–Crippen MR) is 55.8 cm³/mol. The van der Waals surface area contributed by atoms with E-state index in [2.05, 4.69) is 0 Å². The van der Waals surface area contributed by atoms with Crippen LogP contribution in [0.25, 0.3) is 0 Å². The Kier molecular flexibility index (Phi) is 6.62. The molecular formula is C11H16O3. The second-order valence-corrected chi connectivity index (χ2v) is 2.77. The highest BCUT2D eigenvalue weighted by Crippen LogP contribution is 2.06. The van der Waals surface area contributed by atoms with Crippen LogP contribution in [-0.2, 0) is 4.79 Å². The fourth-order valence-corrected chi connectivity index (χ4v) is 0.915. The summed E-state index contributed by atoms with van der Waals surface area (Å²) in [4.78, 5) is 10.6. The molecule has 0 saturated heterocycles. The largest absolute Gasteiger partial charge is 0.386 e. The summed E-state index contributed by atoms with van der Waals surface area (Å²) in [6.45, 7) is 3.53. The molecule has 0 saturated carbocycles. The minimum atomic E-state index is -1.17. The molecule has 0 aliphatic carbocycles. The summed E-state index contributed by atoms with van der Waals surface area (Å²) in [6.07, 6.45) is 6.22. The van der Waals surface area contributed by atoms with E-state index in [0.29, 0.717) is 6.29 Å². The number of hydrogen-bond acceptors (Lipinski definition) is 3. The van der Waals surface area contributed by atoms with Gasteiger partial charge in [0.2, 0.25) is 0 Å². The first kappa shape index (κ1) is 12.8. The van der Waals surface area contributed by atoms with Gasteiger partial charge in [-0.1, -0.05) is 30.4 Å². The maximum absolute atomic E-state index is 10.6. The number of aliphatic hydroxyl groups excluding tert-OH is 2. The lowest BCUT2D eigenvalue weighted by Crippen LogP contribution is -2.26. The lowest BCUT2D eigenvalue weighted by molar-refractivity contribution is -0.106. The Labute approximate surface area is 84.1 Å². The van der Waals surface area contributed by atoms with E-state index in [9.17, 15) is 15.0 Å². The Morgan fingerprint density at radius 3 is 2.29 bits per heavy atom. The Balaban J connectivity index is 4.60. The molecule has 0 fully saturated rings. The van der Waals surface area contributed by atoms with Gasteiger partial charge in [0.15, 0.2) is 0 Å². The molecule has 0 rings (SSSR count). The second kappa shape index (κ2) is 7.24. The third-order valence-electron chi connectivity index (χ3n) is 1.67. The van der Waals surface area contributed by atoms with Crippen LogP contribution in [-0.4, -0.2) is 28.7 Å². The van der Waals surface area contributed by atoms with E-state index in [4.69, 9.17) is 0 Å². The van der Waals surface area contributed by atoms with Gasteiger partial charge in [-0.3, -0.25) is 4.79 Å². The van der Waals surface area contributed by atoms with Crippen LogP contribution in [0.1, 0.15) is 13.8 Å². The molecule has 0 aromatic heterocycles. The van der Waals surface area contributed by atoms with Gasteiger partial charge in [0, 0.05) is 5.57 Å². The number of rotatable bonds is 5. The topological polar surface area (TPSA) is 57.5 Å². The Bertz CT molecular complexity index is 251. The summed E-state index contributed by atoms with van der Waals surface area (Å²) < 4.78 is 0. The molecular weight excluding hydrogens is 180 g/mol.